The summed E-state index contributed by atoms with van der Waals surface area (Å²) in [7, 11) is 5.89. The van der Waals surface area contributed by atoms with Crippen molar-refractivity contribution in [1.29, 1.82) is 0 Å². The summed E-state index contributed by atoms with van der Waals surface area (Å²) in [6.45, 7) is 6.44. The van der Waals surface area contributed by atoms with Gasteiger partial charge in [0.25, 0.3) is 0 Å². The minimum absolute atomic E-state index is 0.208. The third-order valence-electron chi connectivity index (χ3n) is 4.48. The minimum atomic E-state index is -0.217. The van der Waals surface area contributed by atoms with E-state index in [0.29, 0.717) is 13.1 Å². The number of halogens is 1. The molecule has 0 spiro atoms. The van der Waals surface area contributed by atoms with Gasteiger partial charge in [0.05, 0.1) is 0 Å². The van der Waals surface area contributed by atoms with Crippen LogP contribution in [0.25, 0.3) is 0 Å². The van der Waals surface area contributed by atoms with Crippen LogP contribution in [0.3, 0.4) is 0 Å². The maximum absolute atomic E-state index is 13.5. The molecule has 2 aromatic carbocycles. The third kappa shape index (κ3) is 6.68. The first-order valence-corrected chi connectivity index (χ1v) is 9.23. The first kappa shape index (κ1) is 20.9. The minimum Gasteiger partial charge on any atom is -0.356 e. The molecule has 0 fully saturated rings. The highest BCUT2D eigenvalue weighted by atomic mass is 19.1. The van der Waals surface area contributed by atoms with Crippen molar-refractivity contribution in [3.05, 3.63) is 71.0 Å². The van der Waals surface area contributed by atoms with Gasteiger partial charge in [0.1, 0.15) is 5.82 Å². The Balaban J connectivity index is 1.92. The van der Waals surface area contributed by atoms with E-state index in [1.165, 1.54) is 17.2 Å². The summed E-state index contributed by atoms with van der Waals surface area (Å²) < 4.78 is 13.5. The van der Waals surface area contributed by atoms with Crippen molar-refractivity contribution in [3.8, 4) is 0 Å². The molecule has 5 heteroatoms. The maximum Gasteiger partial charge on any atom is 0.191 e. The van der Waals surface area contributed by atoms with Gasteiger partial charge in [0, 0.05) is 32.1 Å². The monoisotopic (exact) mass is 370 g/mol. The van der Waals surface area contributed by atoms with Crippen molar-refractivity contribution in [3.63, 3.8) is 0 Å². The normalized spacial score (nSPS) is 12.3. The fourth-order valence-corrected chi connectivity index (χ4v) is 2.93. The van der Waals surface area contributed by atoms with Crippen molar-refractivity contribution >= 4 is 5.96 Å². The molecule has 0 aliphatic heterocycles. The summed E-state index contributed by atoms with van der Waals surface area (Å²) >= 11 is 0. The molecule has 146 valence electrons. The van der Waals surface area contributed by atoms with Crippen LogP contribution in [0.1, 0.15) is 30.5 Å². The van der Waals surface area contributed by atoms with E-state index in [9.17, 15) is 4.39 Å². The number of hydrogen-bond acceptors (Lipinski definition) is 2. The number of nitrogens with zero attached hydrogens (tertiary/aromatic N) is 2. The highest BCUT2D eigenvalue weighted by Gasteiger charge is 2.21. The van der Waals surface area contributed by atoms with Crippen molar-refractivity contribution in [2.24, 2.45) is 4.99 Å². The zero-order valence-electron chi connectivity index (χ0n) is 17.0. The molecular formula is C22H31FN4. The van der Waals surface area contributed by atoms with E-state index in [1.54, 1.807) is 19.2 Å². The Hall–Kier alpha value is -2.40. The number of hydrogen-bond donors (Lipinski definition) is 2. The number of rotatable bonds is 7. The van der Waals surface area contributed by atoms with Gasteiger partial charge in [0.15, 0.2) is 5.96 Å². The summed E-state index contributed by atoms with van der Waals surface area (Å²) in [6.07, 6.45) is 0. The van der Waals surface area contributed by atoms with Gasteiger partial charge in [-0.3, -0.25) is 4.99 Å². The summed E-state index contributed by atoms with van der Waals surface area (Å²) in [5.41, 5.74) is 3.24. The molecule has 0 aliphatic carbocycles. The molecular weight excluding hydrogens is 339 g/mol. The summed E-state index contributed by atoms with van der Waals surface area (Å²) in [4.78, 5) is 6.45. The molecule has 0 aromatic heterocycles. The molecule has 0 aliphatic rings. The average Bonchev–Trinajstić information content (AvgIpc) is 2.61. The number of benzene rings is 2. The first-order chi connectivity index (χ1) is 12.8. The van der Waals surface area contributed by atoms with Crippen LogP contribution in [0.15, 0.2) is 53.5 Å². The molecule has 0 radical (unpaired) electrons. The second-order valence-corrected chi connectivity index (χ2v) is 7.73. The van der Waals surface area contributed by atoms with E-state index in [-0.39, 0.29) is 11.2 Å². The van der Waals surface area contributed by atoms with Crippen molar-refractivity contribution < 1.29 is 4.39 Å². The molecule has 0 amide bonds. The van der Waals surface area contributed by atoms with Gasteiger partial charge in [-0.1, -0.05) is 50.2 Å². The molecule has 4 nitrogen and oxygen atoms in total. The smallest absolute Gasteiger partial charge is 0.191 e. The lowest BCUT2D eigenvalue weighted by Crippen LogP contribution is -2.43. The van der Waals surface area contributed by atoms with Crippen LogP contribution in [0, 0.1) is 5.82 Å². The maximum atomic E-state index is 13.5. The summed E-state index contributed by atoms with van der Waals surface area (Å²) in [5.74, 6) is 0.526. The Bertz CT molecular complexity index is 768. The molecule has 2 N–H and O–H groups in total. The Labute approximate surface area is 162 Å². The van der Waals surface area contributed by atoms with Gasteiger partial charge in [-0.05, 0) is 42.9 Å². The third-order valence-corrected chi connectivity index (χ3v) is 4.48. The first-order valence-electron chi connectivity index (χ1n) is 9.23. The molecule has 0 bridgehead atoms. The van der Waals surface area contributed by atoms with Gasteiger partial charge >= 0.3 is 0 Å². The van der Waals surface area contributed by atoms with Crippen LogP contribution < -0.4 is 10.6 Å². The van der Waals surface area contributed by atoms with Crippen LogP contribution in [0.5, 0.6) is 0 Å². The zero-order chi connectivity index (χ0) is 19.9. The summed E-state index contributed by atoms with van der Waals surface area (Å²) in [6, 6.07) is 15.3. The van der Waals surface area contributed by atoms with E-state index >= 15 is 0 Å². The second kappa shape index (κ2) is 9.51. The van der Waals surface area contributed by atoms with Crippen molar-refractivity contribution in [1.82, 2.24) is 15.5 Å². The zero-order valence-corrected chi connectivity index (χ0v) is 17.0. The molecule has 2 aromatic rings. The lowest BCUT2D eigenvalue weighted by molar-refractivity contribution is 0.402. The van der Waals surface area contributed by atoms with Crippen LogP contribution in [-0.4, -0.2) is 38.5 Å². The van der Waals surface area contributed by atoms with Gasteiger partial charge < -0.3 is 15.5 Å². The number of aliphatic imine (C=N–C) groups is 1. The highest BCUT2D eigenvalue weighted by molar-refractivity contribution is 5.79. The largest absolute Gasteiger partial charge is 0.356 e. The van der Waals surface area contributed by atoms with Crippen LogP contribution in [0.4, 0.5) is 4.39 Å². The predicted octanol–water partition coefficient (Wildman–Crippen LogP) is 3.53. The van der Waals surface area contributed by atoms with E-state index in [0.717, 1.165) is 18.1 Å². The van der Waals surface area contributed by atoms with E-state index in [2.05, 4.69) is 72.7 Å². The predicted molar refractivity (Wildman–Crippen MR) is 111 cm³/mol. The van der Waals surface area contributed by atoms with Crippen molar-refractivity contribution in [2.75, 3.05) is 27.7 Å². The number of guanidine groups is 1. The van der Waals surface area contributed by atoms with Crippen LogP contribution in [0.2, 0.25) is 0 Å². The quantitative estimate of drug-likeness (QED) is 0.579. The SMILES string of the molecule is CN=C(NCc1cccc(CN(C)C)c1)NCC(C)(C)c1cccc(F)c1. The van der Waals surface area contributed by atoms with Crippen LogP contribution in [-0.2, 0) is 18.5 Å². The van der Waals surface area contributed by atoms with Gasteiger partial charge in [-0.2, -0.15) is 0 Å². The van der Waals surface area contributed by atoms with E-state index < -0.39 is 0 Å². The van der Waals surface area contributed by atoms with Crippen LogP contribution >= 0.6 is 0 Å². The lowest BCUT2D eigenvalue weighted by Gasteiger charge is -2.27. The Morgan fingerprint density at radius 2 is 1.74 bits per heavy atom. The lowest BCUT2D eigenvalue weighted by atomic mass is 9.84. The van der Waals surface area contributed by atoms with Gasteiger partial charge in [-0.15, -0.1) is 0 Å². The highest BCUT2D eigenvalue weighted by Crippen LogP contribution is 2.22. The average molecular weight is 371 g/mol. The summed E-state index contributed by atoms with van der Waals surface area (Å²) in [5, 5.41) is 6.71. The molecule has 2 rings (SSSR count). The molecule has 27 heavy (non-hydrogen) atoms. The Morgan fingerprint density at radius 1 is 1.04 bits per heavy atom. The fraction of sp³-hybridized carbons (Fsp3) is 0.409. The molecule has 0 atom stereocenters. The Morgan fingerprint density at radius 3 is 2.41 bits per heavy atom. The van der Waals surface area contributed by atoms with Gasteiger partial charge in [-0.25, -0.2) is 4.39 Å². The second-order valence-electron chi connectivity index (χ2n) is 7.73. The van der Waals surface area contributed by atoms with E-state index in [1.807, 2.05) is 6.07 Å². The molecule has 0 saturated heterocycles. The molecule has 0 unspecified atom stereocenters. The molecule has 0 heterocycles. The van der Waals surface area contributed by atoms with E-state index in [4.69, 9.17) is 0 Å². The Kier molecular flexibility index (Phi) is 7.36. The van der Waals surface area contributed by atoms with Crippen molar-refractivity contribution in [2.45, 2.75) is 32.4 Å². The topological polar surface area (TPSA) is 39.7 Å². The molecule has 0 saturated carbocycles. The standard InChI is InChI=1S/C22H31FN4/c1-22(2,19-10-7-11-20(23)13-19)16-26-21(24-3)25-14-17-8-6-9-18(12-17)15-27(4)5/h6-13H,14-16H2,1-5H3,(H2,24,25,26). The number of nitrogens with one attached hydrogen (secondary N) is 2. The van der Waals surface area contributed by atoms with Gasteiger partial charge in [0.2, 0.25) is 0 Å². The fourth-order valence-electron chi connectivity index (χ4n) is 2.93.